The SMILES string of the molecule is CCc1cccc2c1cc(C1CCCCCC1)[s+]2C(F)(F)F.O=S(=O)([O-])C(F)(F)F. The molecule has 0 N–H and O–H groups in total. The third-order valence-corrected chi connectivity index (χ3v) is 7.80. The number of fused-ring (bicyclic) bond motifs is 1. The van der Waals surface area contributed by atoms with Gasteiger partial charge in [-0.05, 0) is 30.9 Å². The molecule has 2 aromatic rings. The van der Waals surface area contributed by atoms with Crippen LogP contribution in [0.1, 0.15) is 61.8 Å². The van der Waals surface area contributed by atoms with E-state index in [1.807, 2.05) is 19.1 Å². The Balaban J connectivity index is 0.000000343. The van der Waals surface area contributed by atoms with E-state index >= 15 is 0 Å². The van der Waals surface area contributed by atoms with Crippen molar-refractivity contribution in [3.8, 4) is 0 Å². The van der Waals surface area contributed by atoms with E-state index < -0.39 is 31.6 Å². The van der Waals surface area contributed by atoms with Crippen LogP contribution in [-0.4, -0.2) is 18.5 Å². The quantitative estimate of drug-likeness (QED) is 0.152. The summed E-state index contributed by atoms with van der Waals surface area (Å²) in [6.07, 6.45) is 7.07. The van der Waals surface area contributed by atoms with Crippen molar-refractivity contribution in [1.29, 1.82) is 0 Å². The molecule has 1 unspecified atom stereocenters. The van der Waals surface area contributed by atoms with Crippen molar-refractivity contribution in [2.75, 3.05) is 0 Å². The highest BCUT2D eigenvalue weighted by Crippen LogP contribution is 2.55. The maximum Gasteiger partial charge on any atom is 0.600 e. The lowest BCUT2D eigenvalue weighted by molar-refractivity contribution is -0.0868. The lowest BCUT2D eigenvalue weighted by Gasteiger charge is -2.10. The van der Waals surface area contributed by atoms with Gasteiger partial charge in [0.2, 0.25) is 0 Å². The van der Waals surface area contributed by atoms with Crippen LogP contribution in [0.25, 0.3) is 10.1 Å². The van der Waals surface area contributed by atoms with Crippen LogP contribution in [0.15, 0.2) is 24.3 Å². The molecule has 0 bridgehead atoms. The number of hydrogen-bond acceptors (Lipinski definition) is 3. The van der Waals surface area contributed by atoms with E-state index in [0.717, 1.165) is 55.9 Å². The number of rotatable bonds is 2. The number of hydrogen-bond donors (Lipinski definition) is 0. The molecule has 30 heavy (non-hydrogen) atoms. The van der Waals surface area contributed by atoms with E-state index in [2.05, 4.69) is 0 Å². The molecule has 1 aliphatic carbocycles. The molecule has 1 atom stereocenters. The summed E-state index contributed by atoms with van der Waals surface area (Å²) in [6, 6.07) is 7.32. The molecule has 170 valence electrons. The van der Waals surface area contributed by atoms with Gasteiger partial charge in [-0.15, -0.1) is 13.2 Å². The zero-order valence-electron chi connectivity index (χ0n) is 16.1. The van der Waals surface area contributed by atoms with Gasteiger partial charge in [-0.2, -0.15) is 13.2 Å². The Labute approximate surface area is 173 Å². The van der Waals surface area contributed by atoms with Gasteiger partial charge in [0.1, 0.15) is 0 Å². The lowest BCUT2D eigenvalue weighted by Crippen LogP contribution is -2.21. The molecular formula is C19H22F6O3S2. The Morgan fingerprint density at radius 1 is 1.03 bits per heavy atom. The summed E-state index contributed by atoms with van der Waals surface area (Å²) >= 11 is 0. The van der Waals surface area contributed by atoms with Crippen LogP contribution >= 0.6 is 10.5 Å². The fourth-order valence-electron chi connectivity index (χ4n) is 3.67. The Hall–Kier alpha value is -1.33. The summed E-state index contributed by atoms with van der Waals surface area (Å²) in [5, 5.41) is 0.852. The van der Waals surface area contributed by atoms with Gasteiger partial charge in [0.05, 0.1) is 10.5 Å². The number of halogens is 6. The van der Waals surface area contributed by atoms with E-state index in [1.165, 1.54) is 0 Å². The van der Waals surface area contributed by atoms with Gasteiger partial charge >= 0.3 is 11.0 Å². The van der Waals surface area contributed by atoms with Crippen LogP contribution in [0.5, 0.6) is 0 Å². The van der Waals surface area contributed by atoms with Crippen LogP contribution < -0.4 is 0 Å². The normalized spacial score (nSPS) is 17.4. The van der Waals surface area contributed by atoms with E-state index in [1.54, 1.807) is 12.1 Å². The predicted octanol–water partition coefficient (Wildman–Crippen LogP) is 7.12. The minimum atomic E-state index is -6.09. The second kappa shape index (κ2) is 9.44. The highest BCUT2D eigenvalue weighted by atomic mass is 32.2. The second-order valence-corrected chi connectivity index (χ2v) is 10.4. The Bertz CT molecular complexity index is 953. The predicted molar refractivity (Wildman–Crippen MR) is 103 cm³/mol. The molecule has 1 aliphatic rings. The summed E-state index contributed by atoms with van der Waals surface area (Å²) in [5.41, 5.74) is -8.76. The van der Waals surface area contributed by atoms with Crippen molar-refractivity contribution >= 4 is 30.7 Å². The molecule has 1 heterocycles. The van der Waals surface area contributed by atoms with E-state index in [-0.39, 0.29) is 5.92 Å². The minimum Gasteiger partial charge on any atom is -0.741 e. The summed E-state index contributed by atoms with van der Waals surface area (Å²) in [6.45, 7) is 2.01. The first-order chi connectivity index (χ1) is 13.8. The third kappa shape index (κ3) is 5.88. The number of aryl methyl sites for hydroxylation is 1. The summed E-state index contributed by atoms with van der Waals surface area (Å²) in [5.74, 6) is 0.115. The van der Waals surface area contributed by atoms with E-state index in [4.69, 9.17) is 13.0 Å². The molecule has 0 aliphatic heterocycles. The molecule has 1 aromatic heterocycles. The average molecular weight is 477 g/mol. The van der Waals surface area contributed by atoms with Crippen molar-refractivity contribution < 1.29 is 39.3 Å². The monoisotopic (exact) mass is 476 g/mol. The van der Waals surface area contributed by atoms with Gasteiger partial charge in [0.25, 0.3) is 0 Å². The first-order valence-corrected chi connectivity index (χ1v) is 12.1. The van der Waals surface area contributed by atoms with Crippen molar-refractivity contribution in [2.45, 2.75) is 68.8 Å². The van der Waals surface area contributed by atoms with E-state index in [9.17, 15) is 26.3 Å². The number of alkyl halides is 6. The molecule has 0 saturated heterocycles. The fourth-order valence-corrected chi connectivity index (χ4v) is 5.87. The van der Waals surface area contributed by atoms with Gasteiger partial charge in [-0.25, -0.2) is 8.42 Å². The van der Waals surface area contributed by atoms with Crippen molar-refractivity contribution in [2.24, 2.45) is 0 Å². The van der Waals surface area contributed by atoms with Crippen molar-refractivity contribution in [1.82, 2.24) is 0 Å². The largest absolute Gasteiger partial charge is 0.741 e. The summed E-state index contributed by atoms with van der Waals surface area (Å²) < 4.78 is 101. The molecule has 0 spiro atoms. The molecule has 11 heteroatoms. The molecule has 1 saturated carbocycles. The van der Waals surface area contributed by atoms with Crippen molar-refractivity contribution in [3.63, 3.8) is 0 Å². The maximum absolute atomic E-state index is 13.8. The van der Waals surface area contributed by atoms with Crippen LogP contribution in [0, 0.1) is 0 Å². The lowest BCUT2D eigenvalue weighted by atomic mass is 9.97. The van der Waals surface area contributed by atoms with Gasteiger partial charge in [0, 0.05) is 17.4 Å². The van der Waals surface area contributed by atoms with Crippen LogP contribution in [0.4, 0.5) is 26.3 Å². The highest BCUT2D eigenvalue weighted by molar-refractivity contribution is 7.86. The molecule has 0 amide bonds. The third-order valence-electron chi connectivity index (χ3n) is 5.05. The van der Waals surface area contributed by atoms with Gasteiger partial charge < -0.3 is 4.55 Å². The highest BCUT2D eigenvalue weighted by Gasteiger charge is 2.49. The van der Waals surface area contributed by atoms with Crippen LogP contribution in [0.3, 0.4) is 0 Å². The first kappa shape index (κ1) is 24.9. The molecule has 3 rings (SSSR count). The second-order valence-electron chi connectivity index (χ2n) is 7.07. The van der Waals surface area contributed by atoms with Crippen LogP contribution in [-0.2, 0) is 22.0 Å². The molecule has 3 nitrogen and oxygen atoms in total. The minimum absolute atomic E-state index is 0.115. The van der Waals surface area contributed by atoms with Gasteiger partial charge in [-0.3, -0.25) is 0 Å². The first-order valence-electron chi connectivity index (χ1n) is 9.44. The molecule has 1 fully saturated rings. The standard InChI is InChI=1S/C18H22F3S.CHF3O3S/c1-2-13-10-7-11-16-15(13)12-17(22(16)18(19,20)21)14-8-5-3-4-6-9-14;2-1(3,4)8(5,6)7/h7,10-12,14H,2-6,8-9H2,1H3;(H,5,6,7)/q+1;/p-1. The average Bonchev–Trinajstić information content (AvgIpc) is 2.81. The van der Waals surface area contributed by atoms with E-state index in [0.29, 0.717) is 9.58 Å². The Kier molecular flexibility index (Phi) is 7.84. The molecule has 0 radical (unpaired) electrons. The number of benzene rings is 1. The summed E-state index contributed by atoms with van der Waals surface area (Å²) in [7, 11) is -7.80. The number of thiophene rings is 1. The van der Waals surface area contributed by atoms with Crippen LogP contribution in [0.2, 0.25) is 0 Å². The Morgan fingerprint density at radius 3 is 2.00 bits per heavy atom. The van der Waals surface area contributed by atoms with Gasteiger partial charge in [-0.1, -0.05) is 44.7 Å². The van der Waals surface area contributed by atoms with Crippen molar-refractivity contribution in [3.05, 3.63) is 34.7 Å². The summed E-state index contributed by atoms with van der Waals surface area (Å²) in [4.78, 5) is 0.658. The fraction of sp³-hybridized carbons (Fsp3) is 0.579. The molecule has 1 aromatic carbocycles. The molecular weight excluding hydrogens is 454 g/mol. The maximum atomic E-state index is 13.8. The zero-order valence-corrected chi connectivity index (χ0v) is 17.8. The zero-order chi connectivity index (χ0) is 22.7. The Morgan fingerprint density at radius 2 is 1.57 bits per heavy atom. The smallest absolute Gasteiger partial charge is 0.600 e. The van der Waals surface area contributed by atoms with Gasteiger partial charge in [0.15, 0.2) is 19.7 Å². The topological polar surface area (TPSA) is 57.2 Å².